The second-order valence-electron chi connectivity index (χ2n) is 3.90. The molecule has 0 spiro atoms. The zero-order chi connectivity index (χ0) is 11.1. The van der Waals surface area contributed by atoms with Gasteiger partial charge in [0.05, 0.1) is 16.7 Å². The molecule has 15 heavy (non-hydrogen) atoms. The van der Waals surface area contributed by atoms with E-state index < -0.39 is 0 Å². The van der Waals surface area contributed by atoms with Crippen LogP contribution >= 0.6 is 15.9 Å². The van der Waals surface area contributed by atoms with E-state index in [1.807, 2.05) is 17.1 Å². The van der Waals surface area contributed by atoms with E-state index in [-0.39, 0.29) is 0 Å². The molecule has 0 fully saturated rings. The lowest BCUT2D eigenvalue weighted by Crippen LogP contribution is -2.24. The number of hydrogen-bond acceptors (Lipinski definition) is 2. The highest BCUT2D eigenvalue weighted by Gasteiger charge is 2.04. The van der Waals surface area contributed by atoms with Crippen LogP contribution in [0.3, 0.4) is 0 Å². The molecule has 0 aromatic carbocycles. The zero-order valence-corrected chi connectivity index (χ0v) is 11.1. The Morgan fingerprint density at radius 2 is 2.33 bits per heavy atom. The van der Waals surface area contributed by atoms with Crippen LogP contribution in [0, 0.1) is 0 Å². The lowest BCUT2D eigenvalue weighted by molar-refractivity contribution is 0.449. The minimum absolute atomic E-state index is 0.415. The molecule has 0 aliphatic carbocycles. The predicted octanol–water partition coefficient (Wildman–Crippen LogP) is 2.99. The summed E-state index contributed by atoms with van der Waals surface area (Å²) in [5, 5.41) is 7.71. The molecule has 1 N–H and O–H groups in total. The van der Waals surface area contributed by atoms with Gasteiger partial charge in [0.2, 0.25) is 0 Å². The highest BCUT2D eigenvalue weighted by atomic mass is 79.9. The summed E-state index contributed by atoms with van der Waals surface area (Å²) < 4.78 is 3.03. The maximum atomic E-state index is 4.26. The Morgan fingerprint density at radius 1 is 1.53 bits per heavy atom. The summed E-state index contributed by atoms with van der Waals surface area (Å²) in [7, 11) is 0. The molecule has 0 aliphatic heterocycles. The lowest BCUT2D eigenvalue weighted by Gasteiger charge is -2.12. The number of halogens is 1. The van der Waals surface area contributed by atoms with Gasteiger partial charge in [0.25, 0.3) is 0 Å². The van der Waals surface area contributed by atoms with E-state index in [2.05, 4.69) is 40.2 Å². The van der Waals surface area contributed by atoms with E-state index in [9.17, 15) is 0 Å². The average molecular weight is 274 g/mol. The second kappa shape index (κ2) is 7.01. The van der Waals surface area contributed by atoms with Crippen molar-refractivity contribution < 1.29 is 0 Å². The molecule has 0 radical (unpaired) electrons. The zero-order valence-electron chi connectivity index (χ0n) is 9.54. The Labute approximate surface area is 100 Å². The van der Waals surface area contributed by atoms with Crippen LogP contribution in [0.1, 0.15) is 39.2 Å². The first kappa shape index (κ1) is 12.7. The Morgan fingerprint density at radius 3 is 2.93 bits per heavy atom. The largest absolute Gasteiger partial charge is 0.315 e. The van der Waals surface area contributed by atoms with Crippen molar-refractivity contribution in [2.75, 3.05) is 13.1 Å². The molecule has 3 nitrogen and oxygen atoms in total. The summed E-state index contributed by atoms with van der Waals surface area (Å²) in [5.74, 6) is 0. The van der Waals surface area contributed by atoms with Crippen LogP contribution in [0.4, 0.5) is 0 Å². The Balaban J connectivity index is 2.16. The third-order valence-electron chi connectivity index (χ3n) is 2.42. The van der Waals surface area contributed by atoms with Gasteiger partial charge in [0.15, 0.2) is 0 Å². The van der Waals surface area contributed by atoms with Gasteiger partial charge in [-0.3, -0.25) is 4.68 Å². The summed E-state index contributed by atoms with van der Waals surface area (Å²) in [4.78, 5) is 0. The monoisotopic (exact) mass is 273 g/mol. The third-order valence-corrected chi connectivity index (χ3v) is 2.83. The van der Waals surface area contributed by atoms with Crippen molar-refractivity contribution in [1.82, 2.24) is 15.1 Å². The summed E-state index contributed by atoms with van der Waals surface area (Å²) in [6, 6.07) is 0.415. The number of nitrogens with zero attached hydrogens (tertiary/aromatic N) is 2. The van der Waals surface area contributed by atoms with Crippen LogP contribution in [-0.2, 0) is 0 Å². The minimum atomic E-state index is 0.415. The first-order valence-electron chi connectivity index (χ1n) is 5.64. The second-order valence-corrected chi connectivity index (χ2v) is 4.81. The van der Waals surface area contributed by atoms with Crippen LogP contribution in [-0.4, -0.2) is 22.9 Å². The molecule has 1 aromatic heterocycles. The number of rotatable bonds is 7. The topological polar surface area (TPSA) is 29.9 Å². The Kier molecular flexibility index (Phi) is 5.95. The van der Waals surface area contributed by atoms with Gasteiger partial charge < -0.3 is 5.32 Å². The van der Waals surface area contributed by atoms with E-state index in [0.717, 1.165) is 17.6 Å². The molecule has 0 saturated heterocycles. The van der Waals surface area contributed by atoms with Crippen molar-refractivity contribution in [1.29, 1.82) is 0 Å². The van der Waals surface area contributed by atoms with Crippen LogP contribution in [0.25, 0.3) is 0 Å². The molecule has 1 unspecified atom stereocenters. The van der Waals surface area contributed by atoms with Crippen LogP contribution in [0.5, 0.6) is 0 Å². The van der Waals surface area contributed by atoms with E-state index >= 15 is 0 Å². The van der Waals surface area contributed by atoms with Crippen molar-refractivity contribution in [3.8, 4) is 0 Å². The van der Waals surface area contributed by atoms with Crippen LogP contribution in [0.15, 0.2) is 16.9 Å². The van der Waals surface area contributed by atoms with Gasteiger partial charge in [-0.1, -0.05) is 19.8 Å². The number of aromatic nitrogens is 2. The van der Waals surface area contributed by atoms with Gasteiger partial charge in [-0.2, -0.15) is 5.10 Å². The summed E-state index contributed by atoms with van der Waals surface area (Å²) in [5.41, 5.74) is 0. The standard InChI is InChI=1S/C11H20BrN3/c1-3-4-5-6-13-7-10(2)15-9-11(12)8-14-15/h8-10,13H,3-7H2,1-2H3. The molecule has 0 aliphatic rings. The van der Waals surface area contributed by atoms with E-state index in [0.29, 0.717) is 6.04 Å². The van der Waals surface area contributed by atoms with Gasteiger partial charge >= 0.3 is 0 Å². The van der Waals surface area contributed by atoms with Crippen molar-refractivity contribution in [2.45, 2.75) is 39.2 Å². The smallest absolute Gasteiger partial charge is 0.0632 e. The SMILES string of the molecule is CCCCCNCC(C)n1cc(Br)cn1. The van der Waals surface area contributed by atoms with Crippen molar-refractivity contribution in [3.63, 3.8) is 0 Å². The van der Waals surface area contributed by atoms with Gasteiger partial charge in [0.1, 0.15) is 0 Å². The fraction of sp³-hybridized carbons (Fsp3) is 0.727. The molecule has 0 bridgehead atoms. The maximum Gasteiger partial charge on any atom is 0.0632 e. The van der Waals surface area contributed by atoms with Gasteiger partial charge in [-0.05, 0) is 35.8 Å². The predicted molar refractivity (Wildman–Crippen MR) is 67.0 cm³/mol. The normalized spacial score (nSPS) is 13.0. The van der Waals surface area contributed by atoms with Crippen LogP contribution < -0.4 is 5.32 Å². The minimum Gasteiger partial charge on any atom is -0.315 e. The fourth-order valence-corrected chi connectivity index (χ4v) is 1.76. The highest BCUT2D eigenvalue weighted by molar-refractivity contribution is 9.10. The fourth-order valence-electron chi connectivity index (χ4n) is 1.46. The molecular formula is C11H20BrN3. The molecule has 1 aromatic rings. The van der Waals surface area contributed by atoms with Crippen LogP contribution in [0.2, 0.25) is 0 Å². The maximum absolute atomic E-state index is 4.26. The van der Waals surface area contributed by atoms with Gasteiger partial charge in [0, 0.05) is 12.7 Å². The highest BCUT2D eigenvalue weighted by Crippen LogP contribution is 2.10. The number of nitrogens with one attached hydrogen (secondary N) is 1. The van der Waals surface area contributed by atoms with E-state index in [1.54, 1.807) is 0 Å². The molecule has 1 atom stereocenters. The van der Waals surface area contributed by atoms with Gasteiger partial charge in [-0.25, -0.2) is 0 Å². The van der Waals surface area contributed by atoms with E-state index in [1.165, 1.54) is 19.3 Å². The number of hydrogen-bond donors (Lipinski definition) is 1. The molecule has 1 rings (SSSR count). The van der Waals surface area contributed by atoms with Crippen molar-refractivity contribution >= 4 is 15.9 Å². The van der Waals surface area contributed by atoms with Gasteiger partial charge in [-0.15, -0.1) is 0 Å². The summed E-state index contributed by atoms with van der Waals surface area (Å²) >= 11 is 3.40. The quantitative estimate of drug-likeness (QED) is 0.775. The third kappa shape index (κ3) is 4.80. The first-order chi connectivity index (χ1) is 7.24. The van der Waals surface area contributed by atoms with E-state index in [4.69, 9.17) is 0 Å². The molecule has 86 valence electrons. The first-order valence-corrected chi connectivity index (χ1v) is 6.43. The lowest BCUT2D eigenvalue weighted by atomic mass is 10.2. The summed E-state index contributed by atoms with van der Waals surface area (Å²) in [6.45, 7) is 6.49. The Hall–Kier alpha value is -0.350. The molecule has 4 heteroatoms. The van der Waals surface area contributed by atoms with Crippen molar-refractivity contribution in [2.24, 2.45) is 0 Å². The summed E-state index contributed by atoms with van der Waals surface area (Å²) in [6.07, 6.45) is 7.70. The molecule has 1 heterocycles. The molecule has 0 saturated carbocycles. The number of unbranched alkanes of at least 4 members (excludes halogenated alkanes) is 2. The Bertz CT molecular complexity index is 273. The molecular weight excluding hydrogens is 254 g/mol. The van der Waals surface area contributed by atoms with Crippen molar-refractivity contribution in [3.05, 3.63) is 16.9 Å². The molecule has 0 amide bonds. The average Bonchev–Trinajstić information content (AvgIpc) is 2.64.